The van der Waals surface area contributed by atoms with Gasteiger partial charge in [0.1, 0.15) is 6.54 Å². The summed E-state index contributed by atoms with van der Waals surface area (Å²) in [4.78, 5) is 25.7. The molecule has 0 saturated carbocycles. The van der Waals surface area contributed by atoms with E-state index in [4.69, 9.17) is 0 Å². The van der Waals surface area contributed by atoms with Crippen molar-refractivity contribution in [2.45, 2.75) is 45.2 Å². The van der Waals surface area contributed by atoms with Gasteiger partial charge in [0.05, 0.1) is 6.04 Å². The number of carbonyl (C=O) groups is 1. The highest BCUT2D eigenvalue weighted by Gasteiger charge is 2.21. The third kappa shape index (κ3) is 3.92. The number of fused-ring (bicyclic) bond motifs is 1. The topological polar surface area (TPSA) is 51.1 Å². The Morgan fingerprint density at radius 2 is 2.00 bits per heavy atom. The lowest BCUT2D eigenvalue weighted by molar-refractivity contribution is -0.122. The highest BCUT2D eigenvalue weighted by atomic mass is 32.1. The lowest BCUT2D eigenvalue weighted by Gasteiger charge is -2.22. The average Bonchev–Trinajstić information content (AvgIpc) is 3.32. The largest absolute Gasteiger partial charge is 0.343 e. The van der Waals surface area contributed by atoms with Gasteiger partial charge in [0.15, 0.2) is 0 Å². The van der Waals surface area contributed by atoms with Crippen LogP contribution in [0.3, 0.4) is 0 Å². The van der Waals surface area contributed by atoms with Crippen LogP contribution in [0, 0.1) is 6.92 Å². The molecule has 1 aliphatic rings. The van der Waals surface area contributed by atoms with Crippen molar-refractivity contribution in [2.75, 3.05) is 0 Å². The second kappa shape index (κ2) is 7.82. The van der Waals surface area contributed by atoms with E-state index in [-0.39, 0.29) is 23.4 Å². The number of thiazole rings is 1. The summed E-state index contributed by atoms with van der Waals surface area (Å²) in [5, 5.41) is 6.97. The minimum Gasteiger partial charge on any atom is -0.343 e. The van der Waals surface area contributed by atoms with Crippen LogP contribution in [0.25, 0.3) is 0 Å². The molecule has 0 spiro atoms. The van der Waals surface area contributed by atoms with Crippen molar-refractivity contribution in [2.24, 2.45) is 0 Å². The number of nitrogens with one attached hydrogen (secondary N) is 1. The smallest absolute Gasteiger partial charge is 0.307 e. The molecule has 3 aromatic rings. The number of amides is 1. The number of aryl methyl sites for hydroxylation is 3. The van der Waals surface area contributed by atoms with Gasteiger partial charge >= 0.3 is 4.87 Å². The number of nitrogens with zero attached hydrogens (tertiary/aromatic N) is 1. The second-order valence-corrected chi connectivity index (χ2v) is 8.78. The van der Waals surface area contributed by atoms with Gasteiger partial charge in [-0.25, -0.2) is 0 Å². The second-order valence-electron chi connectivity index (χ2n) is 6.98. The number of carbonyl (C=O) groups excluding carboxylic acids is 1. The molecule has 1 atom stereocenters. The van der Waals surface area contributed by atoms with E-state index in [1.54, 1.807) is 16.7 Å². The van der Waals surface area contributed by atoms with Crippen LogP contribution >= 0.6 is 22.7 Å². The number of hydrogen-bond acceptors (Lipinski definition) is 4. The summed E-state index contributed by atoms with van der Waals surface area (Å²) in [6.45, 7) is 1.91. The van der Waals surface area contributed by atoms with Gasteiger partial charge in [-0.15, -0.1) is 11.3 Å². The predicted molar refractivity (Wildman–Crippen MR) is 111 cm³/mol. The Morgan fingerprint density at radius 3 is 2.70 bits per heavy atom. The van der Waals surface area contributed by atoms with E-state index in [1.165, 1.54) is 28.5 Å². The number of thiophene rings is 1. The fourth-order valence-electron chi connectivity index (χ4n) is 3.65. The van der Waals surface area contributed by atoms with Crippen LogP contribution in [0.5, 0.6) is 0 Å². The van der Waals surface area contributed by atoms with Crippen LogP contribution < -0.4 is 10.2 Å². The van der Waals surface area contributed by atoms with Gasteiger partial charge in [-0.1, -0.05) is 35.6 Å². The van der Waals surface area contributed by atoms with Crippen molar-refractivity contribution < 1.29 is 4.79 Å². The molecule has 4 rings (SSSR count). The molecule has 6 heteroatoms. The quantitative estimate of drug-likeness (QED) is 0.704. The maximum absolute atomic E-state index is 12.7. The molecule has 2 aromatic heterocycles. The van der Waals surface area contributed by atoms with Crippen LogP contribution in [0.4, 0.5) is 0 Å². The fraction of sp³-hybridized carbons (Fsp3) is 0.333. The number of hydrogen-bond donors (Lipinski definition) is 1. The third-order valence-corrected chi connectivity index (χ3v) is 6.94. The maximum Gasteiger partial charge on any atom is 0.307 e. The molecule has 0 radical (unpaired) electrons. The zero-order valence-electron chi connectivity index (χ0n) is 15.2. The molecule has 140 valence electrons. The van der Waals surface area contributed by atoms with Crippen LogP contribution in [0.15, 0.2) is 45.9 Å². The van der Waals surface area contributed by atoms with E-state index < -0.39 is 0 Å². The van der Waals surface area contributed by atoms with Crippen molar-refractivity contribution in [3.8, 4) is 0 Å². The number of aromatic nitrogens is 1. The maximum atomic E-state index is 12.7. The molecule has 0 fully saturated rings. The van der Waals surface area contributed by atoms with Gasteiger partial charge in [0.25, 0.3) is 0 Å². The SMILES string of the molecule is Cc1csc(=O)n1CC(=O)N[C@H](c1ccc2c(c1)CCCC2)c1cccs1. The van der Waals surface area contributed by atoms with Crippen LogP contribution in [0.1, 0.15) is 46.1 Å². The highest BCUT2D eigenvalue weighted by molar-refractivity contribution is 7.10. The molecule has 0 bridgehead atoms. The summed E-state index contributed by atoms with van der Waals surface area (Å²) in [7, 11) is 0. The minimum atomic E-state index is -0.181. The van der Waals surface area contributed by atoms with Gasteiger partial charge in [0, 0.05) is 16.0 Å². The summed E-state index contributed by atoms with van der Waals surface area (Å²) in [6, 6.07) is 10.5. The first-order valence-electron chi connectivity index (χ1n) is 9.21. The molecule has 2 heterocycles. The highest BCUT2D eigenvalue weighted by Crippen LogP contribution is 2.30. The molecule has 1 aliphatic carbocycles. The average molecular weight is 399 g/mol. The number of benzene rings is 1. The summed E-state index contributed by atoms with van der Waals surface area (Å²) < 4.78 is 1.53. The van der Waals surface area contributed by atoms with Gasteiger partial charge in [-0.3, -0.25) is 14.2 Å². The van der Waals surface area contributed by atoms with E-state index in [9.17, 15) is 9.59 Å². The first-order chi connectivity index (χ1) is 13.1. The van der Waals surface area contributed by atoms with Gasteiger partial charge in [-0.05, 0) is 60.7 Å². The summed E-state index contributed by atoms with van der Waals surface area (Å²) in [5.74, 6) is -0.144. The fourth-order valence-corrected chi connectivity index (χ4v) is 5.19. The van der Waals surface area contributed by atoms with Crippen LogP contribution in [-0.2, 0) is 24.2 Å². The predicted octanol–water partition coefficient (Wildman–Crippen LogP) is 4.06. The van der Waals surface area contributed by atoms with Gasteiger partial charge in [-0.2, -0.15) is 0 Å². The molecule has 4 nitrogen and oxygen atoms in total. The molecular weight excluding hydrogens is 376 g/mol. The van der Waals surface area contributed by atoms with Crippen LogP contribution in [-0.4, -0.2) is 10.5 Å². The summed E-state index contributed by atoms with van der Waals surface area (Å²) >= 11 is 2.77. The van der Waals surface area contributed by atoms with E-state index in [1.807, 2.05) is 18.4 Å². The summed E-state index contributed by atoms with van der Waals surface area (Å²) in [6.07, 6.45) is 4.74. The molecule has 0 unspecified atom stereocenters. The Morgan fingerprint density at radius 1 is 1.19 bits per heavy atom. The zero-order valence-corrected chi connectivity index (χ0v) is 16.9. The zero-order chi connectivity index (χ0) is 18.8. The monoisotopic (exact) mass is 398 g/mol. The number of rotatable bonds is 5. The van der Waals surface area contributed by atoms with E-state index >= 15 is 0 Å². The molecule has 0 aliphatic heterocycles. The van der Waals surface area contributed by atoms with Crippen molar-refractivity contribution in [3.05, 3.63) is 78.0 Å². The van der Waals surface area contributed by atoms with Crippen molar-refractivity contribution in [1.29, 1.82) is 0 Å². The van der Waals surface area contributed by atoms with Crippen LogP contribution in [0.2, 0.25) is 0 Å². The third-order valence-electron chi connectivity index (χ3n) is 5.12. The molecule has 1 amide bonds. The molecule has 27 heavy (non-hydrogen) atoms. The van der Waals surface area contributed by atoms with Crippen molar-refractivity contribution in [3.63, 3.8) is 0 Å². The van der Waals surface area contributed by atoms with E-state index in [0.29, 0.717) is 0 Å². The lowest BCUT2D eigenvalue weighted by atomic mass is 9.89. The standard InChI is InChI=1S/C21H22N2O2S2/c1-14-13-27-21(25)23(14)12-19(24)22-20(18-7-4-10-26-18)17-9-8-15-5-2-3-6-16(15)11-17/h4,7-11,13,20H,2-3,5-6,12H2,1H3,(H,22,24)/t20-/m1/s1. The lowest BCUT2D eigenvalue weighted by Crippen LogP contribution is -2.34. The van der Waals surface area contributed by atoms with Gasteiger partial charge < -0.3 is 5.32 Å². The Hall–Kier alpha value is -2.18. The summed E-state index contributed by atoms with van der Waals surface area (Å²) in [5.41, 5.74) is 4.77. The Kier molecular flexibility index (Phi) is 5.27. The van der Waals surface area contributed by atoms with Crippen molar-refractivity contribution >= 4 is 28.6 Å². The van der Waals surface area contributed by atoms with E-state index in [2.05, 4.69) is 29.6 Å². The van der Waals surface area contributed by atoms with Gasteiger partial charge in [0.2, 0.25) is 5.91 Å². The molecule has 0 saturated heterocycles. The Labute approximate surface area is 166 Å². The first-order valence-corrected chi connectivity index (χ1v) is 11.0. The Bertz CT molecular complexity index is 1000. The van der Waals surface area contributed by atoms with E-state index in [0.717, 1.165) is 40.3 Å². The minimum absolute atomic E-state index is 0.0565. The molecule has 1 N–H and O–H groups in total. The van der Waals surface area contributed by atoms with Crippen molar-refractivity contribution in [1.82, 2.24) is 9.88 Å². The molecular formula is C21H22N2O2S2. The Balaban J connectivity index is 1.60. The molecule has 1 aromatic carbocycles. The normalized spacial score (nSPS) is 14.6. The first kappa shape index (κ1) is 18.2.